The average molecular weight is 301 g/mol. The molecule has 4 nitrogen and oxygen atoms in total. The van der Waals surface area contributed by atoms with Crippen LogP contribution >= 0.6 is 0 Å². The van der Waals surface area contributed by atoms with Gasteiger partial charge < -0.3 is 5.32 Å². The second kappa shape index (κ2) is 6.20. The van der Waals surface area contributed by atoms with E-state index in [4.69, 9.17) is 4.18 Å². The van der Waals surface area contributed by atoms with Crippen molar-refractivity contribution in [2.75, 3.05) is 19.3 Å². The minimum Gasteiger partial charge on any atom is -0.316 e. The predicted molar refractivity (Wildman–Crippen MR) is 75.5 cm³/mol. The highest BCUT2D eigenvalue weighted by atomic mass is 32.2. The molecule has 0 bridgehead atoms. The number of rotatable bonds is 4. The van der Waals surface area contributed by atoms with Crippen LogP contribution in [0.15, 0.2) is 24.3 Å². The number of benzene rings is 1. The highest BCUT2D eigenvalue weighted by molar-refractivity contribution is 7.86. The van der Waals surface area contributed by atoms with E-state index in [2.05, 4.69) is 5.32 Å². The average Bonchev–Trinajstić information content (AvgIpc) is 2.38. The molecule has 20 heavy (non-hydrogen) atoms. The molecule has 1 aliphatic rings. The number of hydrogen-bond donors (Lipinski definition) is 1. The highest BCUT2D eigenvalue weighted by Crippen LogP contribution is 2.33. The van der Waals surface area contributed by atoms with Gasteiger partial charge in [-0.1, -0.05) is 12.1 Å². The second-order valence-corrected chi connectivity index (χ2v) is 6.92. The van der Waals surface area contributed by atoms with E-state index in [0.29, 0.717) is 6.54 Å². The maximum absolute atomic E-state index is 13.0. The molecule has 3 atom stereocenters. The quantitative estimate of drug-likeness (QED) is 0.863. The maximum Gasteiger partial charge on any atom is 0.264 e. The number of piperidine rings is 1. The van der Waals surface area contributed by atoms with Crippen LogP contribution in [0.2, 0.25) is 0 Å². The van der Waals surface area contributed by atoms with E-state index in [1.54, 1.807) is 19.1 Å². The molecule has 1 heterocycles. The fraction of sp³-hybridized carbons (Fsp3) is 0.571. The Labute approximate surface area is 119 Å². The number of halogens is 1. The normalized spacial score (nSPS) is 25.4. The van der Waals surface area contributed by atoms with E-state index >= 15 is 0 Å². The van der Waals surface area contributed by atoms with Gasteiger partial charge in [-0.25, -0.2) is 4.39 Å². The molecule has 1 fully saturated rings. The van der Waals surface area contributed by atoms with Crippen LogP contribution < -0.4 is 5.32 Å². The van der Waals surface area contributed by atoms with Gasteiger partial charge in [0.1, 0.15) is 5.82 Å². The molecule has 0 radical (unpaired) electrons. The van der Waals surface area contributed by atoms with Crippen molar-refractivity contribution in [3.8, 4) is 0 Å². The predicted octanol–water partition coefficient (Wildman–Crippen LogP) is 1.88. The molecule has 2 rings (SSSR count). The Morgan fingerprint density at radius 2 is 2.00 bits per heavy atom. The molecule has 1 N–H and O–H groups in total. The van der Waals surface area contributed by atoms with Crippen LogP contribution in [0.25, 0.3) is 0 Å². The Morgan fingerprint density at radius 3 is 2.60 bits per heavy atom. The molecule has 1 aromatic carbocycles. The monoisotopic (exact) mass is 301 g/mol. The van der Waals surface area contributed by atoms with Gasteiger partial charge in [-0.2, -0.15) is 8.42 Å². The van der Waals surface area contributed by atoms with Crippen LogP contribution in [0.3, 0.4) is 0 Å². The van der Waals surface area contributed by atoms with Crippen LogP contribution in [0.5, 0.6) is 0 Å². The SMILES string of the molecule is CC(OS(C)(=O)=O)[C@@H]1CNCC[C@H]1c1ccc(F)cc1. The van der Waals surface area contributed by atoms with Crippen molar-refractivity contribution in [1.29, 1.82) is 0 Å². The van der Waals surface area contributed by atoms with Crippen molar-refractivity contribution in [2.45, 2.75) is 25.4 Å². The van der Waals surface area contributed by atoms with Crippen LogP contribution in [0.4, 0.5) is 4.39 Å². The fourth-order valence-electron chi connectivity index (χ4n) is 2.85. The minimum atomic E-state index is -3.47. The molecular weight excluding hydrogens is 281 g/mol. The summed E-state index contributed by atoms with van der Waals surface area (Å²) in [4.78, 5) is 0. The Bertz CT molecular complexity index is 544. The zero-order valence-electron chi connectivity index (χ0n) is 11.7. The van der Waals surface area contributed by atoms with Gasteiger partial charge in [0.15, 0.2) is 0 Å². The summed E-state index contributed by atoms with van der Waals surface area (Å²) in [7, 11) is -3.47. The summed E-state index contributed by atoms with van der Waals surface area (Å²) in [6, 6.07) is 6.42. The Balaban J connectivity index is 2.18. The Hall–Kier alpha value is -0.980. The molecule has 6 heteroatoms. The van der Waals surface area contributed by atoms with Gasteiger partial charge in [0, 0.05) is 12.5 Å². The maximum atomic E-state index is 13.0. The van der Waals surface area contributed by atoms with E-state index in [1.807, 2.05) is 0 Å². The smallest absolute Gasteiger partial charge is 0.264 e. The molecule has 1 saturated heterocycles. The van der Waals surface area contributed by atoms with Crippen molar-refractivity contribution in [1.82, 2.24) is 5.32 Å². The summed E-state index contributed by atoms with van der Waals surface area (Å²) < 4.78 is 40.7. The zero-order chi connectivity index (χ0) is 14.8. The molecule has 0 saturated carbocycles. The summed E-state index contributed by atoms with van der Waals surface area (Å²) in [6.07, 6.45) is 1.54. The molecule has 1 aromatic rings. The van der Waals surface area contributed by atoms with E-state index in [9.17, 15) is 12.8 Å². The fourth-order valence-corrected chi connectivity index (χ4v) is 3.54. The molecule has 0 aliphatic carbocycles. The summed E-state index contributed by atoms with van der Waals surface area (Å²) in [6.45, 7) is 3.33. The molecule has 0 aromatic heterocycles. The molecule has 0 amide bonds. The first-order chi connectivity index (χ1) is 9.37. The third kappa shape index (κ3) is 4.01. The van der Waals surface area contributed by atoms with Gasteiger partial charge in [0.2, 0.25) is 0 Å². The molecule has 1 aliphatic heterocycles. The van der Waals surface area contributed by atoms with Gasteiger partial charge in [-0.15, -0.1) is 0 Å². The van der Waals surface area contributed by atoms with E-state index in [-0.39, 0.29) is 17.7 Å². The lowest BCUT2D eigenvalue weighted by molar-refractivity contribution is 0.123. The lowest BCUT2D eigenvalue weighted by atomic mass is 9.78. The van der Waals surface area contributed by atoms with Crippen LogP contribution in [0.1, 0.15) is 24.8 Å². The second-order valence-electron chi connectivity index (χ2n) is 5.32. The highest BCUT2D eigenvalue weighted by Gasteiger charge is 2.32. The Morgan fingerprint density at radius 1 is 1.35 bits per heavy atom. The zero-order valence-corrected chi connectivity index (χ0v) is 12.5. The van der Waals surface area contributed by atoms with Gasteiger partial charge in [0.05, 0.1) is 12.4 Å². The Kier molecular flexibility index (Phi) is 4.78. The van der Waals surface area contributed by atoms with Gasteiger partial charge in [-0.3, -0.25) is 4.18 Å². The van der Waals surface area contributed by atoms with Crippen LogP contribution in [0, 0.1) is 11.7 Å². The topological polar surface area (TPSA) is 55.4 Å². The lowest BCUT2D eigenvalue weighted by Gasteiger charge is -2.35. The van der Waals surface area contributed by atoms with Crippen molar-refractivity contribution in [2.24, 2.45) is 5.92 Å². The van der Waals surface area contributed by atoms with Gasteiger partial charge in [-0.05, 0) is 43.5 Å². The number of nitrogens with one attached hydrogen (secondary N) is 1. The molecule has 112 valence electrons. The first-order valence-electron chi connectivity index (χ1n) is 6.71. The van der Waals surface area contributed by atoms with Crippen molar-refractivity contribution >= 4 is 10.1 Å². The van der Waals surface area contributed by atoms with E-state index < -0.39 is 16.2 Å². The molecule has 0 spiro atoms. The third-order valence-corrected chi connectivity index (χ3v) is 4.41. The standard InChI is InChI=1S/C14H20FNO3S/c1-10(19-20(2,17)18)14-9-16-8-7-13(14)11-3-5-12(15)6-4-11/h3-6,10,13-14,16H,7-9H2,1-2H3/t10?,13-,14-/m0/s1. The van der Waals surface area contributed by atoms with Crippen molar-refractivity contribution in [3.05, 3.63) is 35.6 Å². The van der Waals surface area contributed by atoms with Crippen LogP contribution in [-0.4, -0.2) is 33.9 Å². The largest absolute Gasteiger partial charge is 0.316 e. The van der Waals surface area contributed by atoms with Crippen molar-refractivity contribution in [3.63, 3.8) is 0 Å². The van der Waals surface area contributed by atoms with Crippen LogP contribution in [-0.2, 0) is 14.3 Å². The summed E-state index contributed by atoms with van der Waals surface area (Å²) >= 11 is 0. The van der Waals surface area contributed by atoms with Gasteiger partial charge >= 0.3 is 0 Å². The van der Waals surface area contributed by atoms with E-state index in [1.165, 1.54) is 12.1 Å². The number of hydrogen-bond acceptors (Lipinski definition) is 4. The lowest BCUT2D eigenvalue weighted by Crippen LogP contribution is -2.42. The van der Waals surface area contributed by atoms with E-state index in [0.717, 1.165) is 24.8 Å². The first-order valence-corrected chi connectivity index (χ1v) is 8.53. The summed E-state index contributed by atoms with van der Waals surface area (Å²) in [5.41, 5.74) is 1.03. The molecule has 1 unspecified atom stereocenters. The molecular formula is C14H20FNO3S. The van der Waals surface area contributed by atoms with Crippen molar-refractivity contribution < 1.29 is 17.0 Å². The first kappa shape index (κ1) is 15.4. The summed E-state index contributed by atoms with van der Waals surface area (Å²) in [5.74, 6) is -0.0443. The third-order valence-electron chi connectivity index (χ3n) is 3.76. The minimum absolute atomic E-state index is 0.0453. The summed E-state index contributed by atoms with van der Waals surface area (Å²) in [5, 5.41) is 3.26. The van der Waals surface area contributed by atoms with Gasteiger partial charge in [0.25, 0.3) is 10.1 Å².